The van der Waals surface area contributed by atoms with Crippen molar-refractivity contribution in [1.82, 2.24) is 5.32 Å². The van der Waals surface area contributed by atoms with E-state index < -0.39 is 16.8 Å². The average Bonchev–Trinajstić information content (AvgIpc) is 2.66. The van der Waals surface area contributed by atoms with Crippen molar-refractivity contribution >= 4 is 16.8 Å². The predicted molar refractivity (Wildman–Crippen MR) is 70.0 cm³/mol. The number of methoxy groups -OCH3 is 1. The summed E-state index contributed by atoms with van der Waals surface area (Å²) in [4.78, 5) is 11.4. The summed E-state index contributed by atoms with van der Waals surface area (Å²) in [5.41, 5.74) is 0.445. The average molecular weight is 273 g/mol. The number of furan rings is 1. The van der Waals surface area contributed by atoms with Crippen LogP contribution < -0.4 is 5.32 Å². The lowest BCUT2D eigenvalue weighted by atomic mass is 10.2. The van der Waals surface area contributed by atoms with Gasteiger partial charge >= 0.3 is 5.97 Å². The highest BCUT2D eigenvalue weighted by Crippen LogP contribution is 2.15. The van der Waals surface area contributed by atoms with Crippen LogP contribution in [0, 0.1) is 6.92 Å². The number of nitrogens with one attached hydrogen (secondary N) is 1. The van der Waals surface area contributed by atoms with Crippen LogP contribution >= 0.6 is 0 Å². The van der Waals surface area contributed by atoms with Crippen LogP contribution in [0.15, 0.2) is 10.5 Å². The second-order valence-corrected chi connectivity index (χ2v) is 5.68. The van der Waals surface area contributed by atoms with Gasteiger partial charge < -0.3 is 14.5 Å². The zero-order valence-electron chi connectivity index (χ0n) is 11.1. The Bertz CT molecular complexity index is 441. The summed E-state index contributed by atoms with van der Waals surface area (Å²) in [6.45, 7) is 4.18. The molecule has 5 nitrogen and oxygen atoms in total. The molecule has 1 aromatic heterocycles. The third kappa shape index (κ3) is 4.27. The van der Waals surface area contributed by atoms with Crippen LogP contribution in [0.2, 0.25) is 0 Å². The lowest BCUT2D eigenvalue weighted by Gasteiger charge is -2.10. The van der Waals surface area contributed by atoms with E-state index in [1.807, 2.05) is 6.92 Å². The fraction of sp³-hybridized carbons (Fsp3) is 0.583. The Morgan fingerprint density at radius 3 is 2.83 bits per heavy atom. The zero-order valence-corrected chi connectivity index (χ0v) is 11.9. The summed E-state index contributed by atoms with van der Waals surface area (Å²) >= 11 is 0. The number of esters is 1. The molecule has 2 unspecified atom stereocenters. The van der Waals surface area contributed by atoms with Crippen LogP contribution in [0.25, 0.3) is 0 Å². The maximum atomic E-state index is 11.4. The van der Waals surface area contributed by atoms with Crippen molar-refractivity contribution in [3.8, 4) is 0 Å². The van der Waals surface area contributed by atoms with Crippen LogP contribution in [0.3, 0.4) is 0 Å². The van der Waals surface area contributed by atoms with E-state index in [0.717, 1.165) is 0 Å². The first-order valence-corrected chi connectivity index (χ1v) is 7.37. The molecule has 1 rings (SSSR count). The molecule has 1 aromatic rings. The number of aryl methyl sites for hydroxylation is 1. The molecule has 6 heteroatoms. The molecule has 0 radical (unpaired) electrons. The number of ether oxygens (including phenoxy) is 1. The number of rotatable bonds is 6. The van der Waals surface area contributed by atoms with Gasteiger partial charge in [-0.15, -0.1) is 0 Å². The van der Waals surface area contributed by atoms with Crippen molar-refractivity contribution in [2.75, 3.05) is 19.1 Å². The minimum Gasteiger partial charge on any atom is -0.465 e. The van der Waals surface area contributed by atoms with Crippen LogP contribution in [0.5, 0.6) is 0 Å². The molecule has 1 N–H and O–H groups in total. The highest BCUT2D eigenvalue weighted by molar-refractivity contribution is 7.84. The van der Waals surface area contributed by atoms with E-state index in [9.17, 15) is 9.00 Å². The summed E-state index contributed by atoms with van der Waals surface area (Å²) in [6.07, 6.45) is 1.67. The third-order valence-electron chi connectivity index (χ3n) is 2.48. The van der Waals surface area contributed by atoms with Gasteiger partial charge in [0.25, 0.3) is 0 Å². The maximum absolute atomic E-state index is 11.4. The molecule has 0 aliphatic rings. The number of hydrogen-bond donors (Lipinski definition) is 1. The summed E-state index contributed by atoms with van der Waals surface area (Å²) in [5.74, 6) is 1.40. The van der Waals surface area contributed by atoms with Crippen LogP contribution in [0.4, 0.5) is 0 Å². The summed E-state index contributed by atoms with van der Waals surface area (Å²) < 4.78 is 21.1. The van der Waals surface area contributed by atoms with E-state index in [0.29, 0.717) is 29.4 Å². The lowest BCUT2D eigenvalue weighted by Crippen LogP contribution is -2.30. The maximum Gasteiger partial charge on any atom is 0.341 e. The first kappa shape index (κ1) is 14.9. The van der Waals surface area contributed by atoms with Crippen molar-refractivity contribution in [1.29, 1.82) is 0 Å². The fourth-order valence-electron chi connectivity index (χ4n) is 1.63. The predicted octanol–water partition coefficient (Wildman–Crippen LogP) is 1.23. The van der Waals surface area contributed by atoms with E-state index in [1.165, 1.54) is 7.11 Å². The fourth-order valence-corrected chi connectivity index (χ4v) is 2.45. The SMILES string of the molecule is COC(=O)c1cc(CNC(C)CS(C)=O)oc1C. The minimum absolute atomic E-state index is 0.128. The van der Waals surface area contributed by atoms with Gasteiger partial charge in [-0.1, -0.05) is 0 Å². The highest BCUT2D eigenvalue weighted by atomic mass is 32.2. The summed E-state index contributed by atoms with van der Waals surface area (Å²) in [5, 5.41) is 3.19. The largest absolute Gasteiger partial charge is 0.465 e. The summed E-state index contributed by atoms with van der Waals surface area (Å²) in [7, 11) is 0.510. The van der Waals surface area contributed by atoms with Crippen molar-refractivity contribution in [2.45, 2.75) is 26.4 Å². The number of carbonyl (C=O) groups excluding carboxylic acids is 1. The van der Waals surface area contributed by atoms with E-state index in [2.05, 4.69) is 10.1 Å². The quantitative estimate of drug-likeness (QED) is 0.790. The molecular weight excluding hydrogens is 254 g/mol. The smallest absolute Gasteiger partial charge is 0.341 e. The van der Waals surface area contributed by atoms with Gasteiger partial charge in [0.15, 0.2) is 0 Å². The standard InChI is InChI=1S/C12H19NO4S/c1-8(7-18(4)15)13-6-10-5-11(9(2)17-10)12(14)16-3/h5,8,13H,6-7H2,1-4H3. The molecule has 1 heterocycles. The normalized spacial score (nSPS) is 14.2. The van der Waals surface area contributed by atoms with Gasteiger partial charge in [0.2, 0.25) is 0 Å². The molecule has 0 saturated carbocycles. The molecule has 102 valence electrons. The Labute approximate surface area is 109 Å². The molecule has 0 saturated heterocycles. The van der Waals surface area contributed by atoms with Crippen molar-refractivity contribution < 1.29 is 18.2 Å². The molecule has 0 aliphatic heterocycles. The molecule has 0 spiro atoms. The van der Waals surface area contributed by atoms with Crippen molar-refractivity contribution in [2.24, 2.45) is 0 Å². The first-order chi connectivity index (χ1) is 8.43. The van der Waals surface area contributed by atoms with Crippen molar-refractivity contribution in [3.05, 3.63) is 23.2 Å². The Hall–Kier alpha value is -1.14. The van der Waals surface area contributed by atoms with E-state index in [1.54, 1.807) is 19.2 Å². The second-order valence-electron chi connectivity index (χ2n) is 4.20. The Morgan fingerprint density at radius 1 is 1.61 bits per heavy atom. The number of carbonyl (C=O) groups is 1. The number of hydrogen-bond acceptors (Lipinski definition) is 5. The Kier molecular flexibility index (Phi) is 5.55. The van der Waals surface area contributed by atoms with Crippen LogP contribution in [0.1, 0.15) is 28.8 Å². The molecule has 0 aromatic carbocycles. The monoisotopic (exact) mass is 273 g/mol. The molecule has 18 heavy (non-hydrogen) atoms. The summed E-state index contributed by atoms with van der Waals surface area (Å²) in [6, 6.07) is 1.80. The van der Waals surface area contributed by atoms with E-state index in [4.69, 9.17) is 4.42 Å². The molecular formula is C12H19NO4S. The molecule has 2 atom stereocenters. The molecule has 0 aliphatic carbocycles. The van der Waals surface area contributed by atoms with Crippen LogP contribution in [-0.4, -0.2) is 35.3 Å². The zero-order chi connectivity index (χ0) is 13.7. The second kappa shape index (κ2) is 6.70. The van der Waals surface area contributed by atoms with Gasteiger partial charge in [-0.05, 0) is 19.9 Å². The van der Waals surface area contributed by atoms with Gasteiger partial charge in [0.05, 0.1) is 13.7 Å². The highest BCUT2D eigenvalue weighted by Gasteiger charge is 2.15. The third-order valence-corrected chi connectivity index (χ3v) is 3.45. The Morgan fingerprint density at radius 2 is 2.28 bits per heavy atom. The van der Waals surface area contributed by atoms with Gasteiger partial charge in [0, 0.05) is 28.9 Å². The van der Waals surface area contributed by atoms with Gasteiger partial charge in [-0.2, -0.15) is 0 Å². The molecule has 0 fully saturated rings. The van der Waals surface area contributed by atoms with Gasteiger partial charge in [-0.25, -0.2) is 4.79 Å². The first-order valence-electron chi connectivity index (χ1n) is 5.65. The van der Waals surface area contributed by atoms with Gasteiger partial charge in [0.1, 0.15) is 17.1 Å². The minimum atomic E-state index is -0.829. The van der Waals surface area contributed by atoms with E-state index >= 15 is 0 Å². The lowest BCUT2D eigenvalue weighted by molar-refractivity contribution is 0.0599. The van der Waals surface area contributed by atoms with Gasteiger partial charge in [-0.3, -0.25) is 4.21 Å². The van der Waals surface area contributed by atoms with Crippen LogP contribution in [-0.2, 0) is 22.1 Å². The Balaban J connectivity index is 2.58. The topological polar surface area (TPSA) is 68.5 Å². The molecule has 0 bridgehead atoms. The van der Waals surface area contributed by atoms with Crippen molar-refractivity contribution in [3.63, 3.8) is 0 Å². The molecule has 0 amide bonds. The van der Waals surface area contributed by atoms with E-state index in [-0.39, 0.29) is 6.04 Å².